The first-order valence-corrected chi connectivity index (χ1v) is 3.08. The summed E-state index contributed by atoms with van der Waals surface area (Å²) in [5.41, 5.74) is 4.94. The molecule has 0 saturated carbocycles. The van der Waals surface area contributed by atoms with Gasteiger partial charge in [0, 0.05) is 6.20 Å². The molecule has 0 atom stereocenters. The van der Waals surface area contributed by atoms with E-state index in [-0.39, 0.29) is 12.1 Å². The van der Waals surface area contributed by atoms with Gasteiger partial charge in [-0.1, -0.05) is 0 Å². The largest absolute Gasteiger partial charge is 0.369 e. The van der Waals surface area contributed by atoms with E-state index in [1.807, 2.05) is 0 Å². The highest BCUT2D eigenvalue weighted by Gasteiger charge is 2.04. The molecule has 0 aliphatic carbocycles. The number of carbonyl (C=O) groups is 1. The van der Waals surface area contributed by atoms with Gasteiger partial charge in [-0.05, 0) is 12.1 Å². The van der Waals surface area contributed by atoms with Crippen LogP contribution in [-0.4, -0.2) is 10.9 Å². The fourth-order valence-corrected chi connectivity index (χ4v) is 0.713. The summed E-state index contributed by atoms with van der Waals surface area (Å²) >= 11 is 0. The maximum absolute atomic E-state index is 12.7. The molecule has 0 fully saturated rings. The van der Waals surface area contributed by atoms with Crippen LogP contribution in [0.4, 0.5) is 4.39 Å². The third-order valence-corrected chi connectivity index (χ3v) is 1.18. The van der Waals surface area contributed by atoms with Gasteiger partial charge in [0.25, 0.3) is 0 Å². The summed E-state index contributed by atoms with van der Waals surface area (Å²) < 4.78 is 12.7. The predicted molar refractivity (Wildman–Crippen MR) is 37.1 cm³/mol. The van der Waals surface area contributed by atoms with Gasteiger partial charge in [0.1, 0.15) is 5.82 Å². The molecule has 58 valence electrons. The van der Waals surface area contributed by atoms with Gasteiger partial charge in [0.2, 0.25) is 5.91 Å². The molecule has 0 aromatic carbocycles. The number of pyridine rings is 1. The molecule has 0 radical (unpaired) electrons. The Balaban J connectivity index is 2.86. The SMILES string of the molecule is NC(=O)Cc1ncccc1F. The van der Waals surface area contributed by atoms with E-state index < -0.39 is 11.7 Å². The van der Waals surface area contributed by atoms with E-state index in [1.54, 1.807) is 0 Å². The van der Waals surface area contributed by atoms with Crippen LogP contribution in [0.3, 0.4) is 0 Å². The first-order chi connectivity index (χ1) is 5.20. The van der Waals surface area contributed by atoms with Gasteiger partial charge < -0.3 is 5.73 Å². The van der Waals surface area contributed by atoms with Crippen molar-refractivity contribution in [1.82, 2.24) is 4.98 Å². The molecule has 4 heteroatoms. The van der Waals surface area contributed by atoms with Crippen LogP contribution in [0.5, 0.6) is 0 Å². The zero-order valence-electron chi connectivity index (χ0n) is 5.75. The number of primary amides is 1. The van der Waals surface area contributed by atoms with Crippen molar-refractivity contribution in [1.29, 1.82) is 0 Å². The van der Waals surface area contributed by atoms with Crippen molar-refractivity contribution >= 4 is 5.91 Å². The minimum atomic E-state index is -0.581. The van der Waals surface area contributed by atoms with Gasteiger partial charge in [-0.25, -0.2) is 4.39 Å². The molecule has 0 unspecified atom stereocenters. The summed E-state index contributed by atoms with van der Waals surface area (Å²) in [5, 5.41) is 0. The Morgan fingerprint density at radius 3 is 3.00 bits per heavy atom. The Bertz CT molecular complexity index is 275. The molecule has 1 aromatic rings. The lowest BCUT2D eigenvalue weighted by atomic mass is 10.2. The lowest BCUT2D eigenvalue weighted by Crippen LogP contribution is -2.15. The maximum Gasteiger partial charge on any atom is 0.223 e. The van der Waals surface area contributed by atoms with Crippen LogP contribution in [0.1, 0.15) is 5.69 Å². The molecule has 2 N–H and O–H groups in total. The molecule has 0 aliphatic rings. The fraction of sp³-hybridized carbons (Fsp3) is 0.143. The minimum Gasteiger partial charge on any atom is -0.369 e. The summed E-state index contributed by atoms with van der Waals surface area (Å²) in [5.74, 6) is -1.08. The molecule has 1 aromatic heterocycles. The van der Waals surface area contributed by atoms with Crippen LogP contribution in [0.25, 0.3) is 0 Å². The van der Waals surface area contributed by atoms with Crippen LogP contribution in [0, 0.1) is 5.82 Å². The Kier molecular flexibility index (Phi) is 2.15. The summed E-state index contributed by atoms with van der Waals surface area (Å²) in [6.07, 6.45) is 1.27. The Hall–Kier alpha value is -1.45. The molecular formula is C7H7FN2O. The van der Waals surface area contributed by atoms with E-state index in [4.69, 9.17) is 5.73 Å². The molecule has 0 saturated heterocycles. The van der Waals surface area contributed by atoms with Crippen LogP contribution >= 0.6 is 0 Å². The number of nitrogens with two attached hydrogens (primary N) is 1. The number of halogens is 1. The van der Waals surface area contributed by atoms with Gasteiger partial charge in [-0.15, -0.1) is 0 Å². The number of nitrogens with zero attached hydrogens (tertiary/aromatic N) is 1. The maximum atomic E-state index is 12.7. The highest BCUT2D eigenvalue weighted by Crippen LogP contribution is 2.01. The Morgan fingerprint density at radius 2 is 2.45 bits per heavy atom. The Labute approximate surface area is 63.0 Å². The van der Waals surface area contributed by atoms with Crippen molar-refractivity contribution in [3.63, 3.8) is 0 Å². The van der Waals surface area contributed by atoms with Gasteiger partial charge in [0.05, 0.1) is 12.1 Å². The van der Waals surface area contributed by atoms with Gasteiger partial charge in [-0.3, -0.25) is 9.78 Å². The van der Waals surface area contributed by atoms with Crippen LogP contribution in [0.15, 0.2) is 18.3 Å². The van der Waals surface area contributed by atoms with Crippen molar-refractivity contribution in [2.24, 2.45) is 5.73 Å². The highest BCUT2D eigenvalue weighted by atomic mass is 19.1. The minimum absolute atomic E-state index is 0.0972. The summed E-state index contributed by atoms with van der Waals surface area (Å²) in [6.45, 7) is 0. The number of amides is 1. The van der Waals surface area contributed by atoms with Crippen molar-refractivity contribution in [3.05, 3.63) is 29.8 Å². The number of hydrogen-bond acceptors (Lipinski definition) is 2. The third kappa shape index (κ3) is 2.00. The van der Waals surface area contributed by atoms with Crippen LogP contribution < -0.4 is 5.73 Å². The summed E-state index contributed by atoms with van der Waals surface area (Å²) in [4.78, 5) is 14.0. The molecule has 11 heavy (non-hydrogen) atoms. The summed E-state index contributed by atoms with van der Waals surface area (Å²) in [7, 11) is 0. The second kappa shape index (κ2) is 3.09. The van der Waals surface area contributed by atoms with Gasteiger partial charge in [0.15, 0.2) is 0 Å². The number of hydrogen-bond donors (Lipinski definition) is 1. The average molecular weight is 154 g/mol. The number of carbonyl (C=O) groups excluding carboxylic acids is 1. The van der Waals surface area contributed by atoms with E-state index in [9.17, 15) is 9.18 Å². The molecule has 0 spiro atoms. The molecule has 1 rings (SSSR count). The zero-order chi connectivity index (χ0) is 8.27. The van der Waals surface area contributed by atoms with Gasteiger partial charge in [-0.2, -0.15) is 0 Å². The molecular weight excluding hydrogens is 147 g/mol. The molecule has 3 nitrogen and oxygen atoms in total. The zero-order valence-corrected chi connectivity index (χ0v) is 5.75. The lowest BCUT2D eigenvalue weighted by Gasteiger charge is -1.96. The molecule has 0 bridgehead atoms. The normalized spacial score (nSPS) is 9.55. The van der Waals surface area contributed by atoms with E-state index >= 15 is 0 Å². The van der Waals surface area contributed by atoms with Crippen molar-refractivity contribution < 1.29 is 9.18 Å². The lowest BCUT2D eigenvalue weighted by molar-refractivity contribution is -0.117. The number of aromatic nitrogens is 1. The number of rotatable bonds is 2. The van der Waals surface area contributed by atoms with Crippen molar-refractivity contribution in [2.75, 3.05) is 0 Å². The Morgan fingerprint density at radius 1 is 1.73 bits per heavy atom. The summed E-state index contributed by atoms with van der Waals surface area (Å²) in [6, 6.07) is 2.70. The van der Waals surface area contributed by atoms with E-state index in [2.05, 4.69) is 4.98 Å². The topological polar surface area (TPSA) is 56.0 Å². The van der Waals surface area contributed by atoms with Crippen LogP contribution in [0.2, 0.25) is 0 Å². The fourth-order valence-electron chi connectivity index (χ4n) is 0.713. The van der Waals surface area contributed by atoms with E-state index in [0.29, 0.717) is 0 Å². The second-order valence-electron chi connectivity index (χ2n) is 2.08. The smallest absolute Gasteiger partial charge is 0.223 e. The standard InChI is InChI=1S/C7H7FN2O/c8-5-2-1-3-10-6(5)4-7(9)11/h1-3H,4H2,(H2,9,11). The molecule has 1 heterocycles. The third-order valence-electron chi connectivity index (χ3n) is 1.18. The average Bonchev–Trinajstić information content (AvgIpc) is 1.93. The second-order valence-corrected chi connectivity index (χ2v) is 2.08. The first-order valence-electron chi connectivity index (χ1n) is 3.08. The van der Waals surface area contributed by atoms with Crippen molar-refractivity contribution in [3.8, 4) is 0 Å². The molecule has 1 amide bonds. The van der Waals surface area contributed by atoms with Gasteiger partial charge >= 0.3 is 0 Å². The first kappa shape index (κ1) is 7.65. The van der Waals surface area contributed by atoms with Crippen molar-refractivity contribution in [2.45, 2.75) is 6.42 Å². The highest BCUT2D eigenvalue weighted by molar-refractivity contribution is 5.76. The van der Waals surface area contributed by atoms with E-state index in [0.717, 1.165) is 0 Å². The quantitative estimate of drug-likeness (QED) is 0.663. The van der Waals surface area contributed by atoms with E-state index in [1.165, 1.54) is 18.3 Å². The molecule has 0 aliphatic heterocycles. The monoisotopic (exact) mass is 154 g/mol. The predicted octanol–water partition coefficient (Wildman–Crippen LogP) is 0.248. The van der Waals surface area contributed by atoms with Crippen LogP contribution in [-0.2, 0) is 11.2 Å².